The summed E-state index contributed by atoms with van der Waals surface area (Å²) in [5, 5.41) is 1.27. The topological polar surface area (TPSA) is 29.5 Å². The molecule has 100 valence electrons. The number of carbonyl (C=O) groups is 1. The molecule has 0 N–H and O–H groups in total. The number of alkyl halides is 1. The van der Waals surface area contributed by atoms with Crippen molar-refractivity contribution in [2.75, 3.05) is 19.0 Å². The van der Waals surface area contributed by atoms with Gasteiger partial charge in [-0.3, -0.25) is 4.79 Å². The molecular formula is C13H17BrClNO2. The minimum Gasteiger partial charge on any atom is -0.496 e. The van der Waals surface area contributed by atoms with Gasteiger partial charge in [-0.25, -0.2) is 0 Å². The molecule has 0 bridgehead atoms. The van der Waals surface area contributed by atoms with Crippen LogP contribution in [0.1, 0.15) is 24.2 Å². The van der Waals surface area contributed by atoms with Crippen LogP contribution in [-0.4, -0.2) is 35.8 Å². The number of hydrogen-bond donors (Lipinski definition) is 0. The molecule has 1 aromatic carbocycles. The van der Waals surface area contributed by atoms with Crippen molar-refractivity contribution in [2.24, 2.45) is 0 Å². The van der Waals surface area contributed by atoms with Crippen molar-refractivity contribution in [3.05, 3.63) is 28.8 Å². The molecule has 0 aliphatic rings. The van der Waals surface area contributed by atoms with E-state index >= 15 is 0 Å². The van der Waals surface area contributed by atoms with Gasteiger partial charge in [0.1, 0.15) is 5.75 Å². The summed E-state index contributed by atoms with van der Waals surface area (Å²) in [5.41, 5.74) is 0.500. The van der Waals surface area contributed by atoms with Gasteiger partial charge in [0.25, 0.3) is 5.91 Å². The molecule has 0 saturated heterocycles. The summed E-state index contributed by atoms with van der Waals surface area (Å²) < 4.78 is 5.21. The minimum atomic E-state index is -0.0659. The van der Waals surface area contributed by atoms with Crippen LogP contribution >= 0.6 is 27.5 Å². The fourth-order valence-corrected chi connectivity index (χ4v) is 2.24. The van der Waals surface area contributed by atoms with E-state index in [4.69, 9.17) is 16.3 Å². The Hall–Kier alpha value is -0.740. The van der Waals surface area contributed by atoms with Gasteiger partial charge in [0.15, 0.2) is 0 Å². The predicted molar refractivity (Wildman–Crippen MR) is 78.0 cm³/mol. The number of amides is 1. The molecule has 0 spiro atoms. The first-order chi connectivity index (χ1) is 8.51. The van der Waals surface area contributed by atoms with Crippen LogP contribution in [0.5, 0.6) is 5.75 Å². The number of benzene rings is 1. The molecule has 1 amide bonds. The molecule has 0 fully saturated rings. The molecule has 0 aliphatic heterocycles. The molecule has 18 heavy (non-hydrogen) atoms. The number of methoxy groups -OCH3 is 1. The lowest BCUT2D eigenvalue weighted by Gasteiger charge is -2.26. The Morgan fingerprint density at radius 1 is 1.50 bits per heavy atom. The van der Waals surface area contributed by atoms with Crippen LogP contribution in [-0.2, 0) is 0 Å². The summed E-state index contributed by atoms with van der Waals surface area (Å²) in [7, 11) is 1.55. The van der Waals surface area contributed by atoms with Crippen molar-refractivity contribution in [2.45, 2.75) is 19.9 Å². The van der Waals surface area contributed by atoms with Crippen molar-refractivity contribution in [1.29, 1.82) is 0 Å². The van der Waals surface area contributed by atoms with E-state index in [2.05, 4.69) is 15.9 Å². The average Bonchev–Trinajstić information content (AvgIpc) is 2.34. The van der Waals surface area contributed by atoms with E-state index in [9.17, 15) is 4.79 Å². The first-order valence-corrected chi connectivity index (χ1v) is 7.21. The molecule has 0 aliphatic carbocycles. The van der Waals surface area contributed by atoms with Crippen molar-refractivity contribution in [3.8, 4) is 5.75 Å². The van der Waals surface area contributed by atoms with E-state index < -0.39 is 0 Å². The maximum atomic E-state index is 12.5. The maximum Gasteiger partial charge on any atom is 0.257 e. The van der Waals surface area contributed by atoms with Gasteiger partial charge in [-0.2, -0.15) is 0 Å². The van der Waals surface area contributed by atoms with Gasteiger partial charge in [0, 0.05) is 22.9 Å². The van der Waals surface area contributed by atoms with Crippen molar-refractivity contribution in [3.63, 3.8) is 0 Å². The number of carbonyl (C=O) groups excluding carboxylic acids is 1. The third-order valence-electron chi connectivity index (χ3n) is 2.60. The highest BCUT2D eigenvalue weighted by atomic mass is 79.9. The Kier molecular flexibility index (Phi) is 5.96. The van der Waals surface area contributed by atoms with Crippen LogP contribution in [0.15, 0.2) is 18.2 Å². The Bertz CT molecular complexity index is 423. The zero-order valence-corrected chi connectivity index (χ0v) is 13.1. The van der Waals surface area contributed by atoms with Crippen molar-refractivity contribution in [1.82, 2.24) is 4.90 Å². The van der Waals surface area contributed by atoms with Crippen molar-refractivity contribution >= 4 is 33.4 Å². The second kappa shape index (κ2) is 7.00. The smallest absolute Gasteiger partial charge is 0.257 e. The fraction of sp³-hybridized carbons (Fsp3) is 0.462. The minimum absolute atomic E-state index is 0.0659. The number of rotatable bonds is 5. The maximum absolute atomic E-state index is 12.5. The van der Waals surface area contributed by atoms with Crippen LogP contribution in [0.25, 0.3) is 0 Å². The summed E-state index contributed by atoms with van der Waals surface area (Å²) in [5.74, 6) is 0.480. The zero-order valence-electron chi connectivity index (χ0n) is 10.7. The predicted octanol–water partition coefficient (Wildman–Crippen LogP) is 3.59. The summed E-state index contributed by atoms with van der Waals surface area (Å²) in [6.45, 7) is 4.61. The Labute approximate surface area is 121 Å². The molecule has 1 rings (SSSR count). The number of hydrogen-bond acceptors (Lipinski definition) is 2. The van der Waals surface area contributed by atoms with E-state index in [-0.39, 0.29) is 11.9 Å². The van der Waals surface area contributed by atoms with Gasteiger partial charge in [-0.05, 0) is 32.0 Å². The highest BCUT2D eigenvalue weighted by Gasteiger charge is 2.21. The summed E-state index contributed by atoms with van der Waals surface area (Å²) in [4.78, 5) is 14.3. The average molecular weight is 335 g/mol. The summed E-state index contributed by atoms with van der Waals surface area (Å²) in [6.07, 6.45) is 0. The molecule has 3 nitrogen and oxygen atoms in total. The third-order valence-corrected chi connectivity index (χ3v) is 3.19. The highest BCUT2D eigenvalue weighted by Crippen LogP contribution is 2.24. The van der Waals surface area contributed by atoms with Gasteiger partial charge in [0.05, 0.1) is 12.7 Å². The first kappa shape index (κ1) is 15.3. The Morgan fingerprint density at radius 2 is 2.17 bits per heavy atom. The van der Waals surface area contributed by atoms with E-state index in [0.717, 1.165) is 5.33 Å². The second-order valence-electron chi connectivity index (χ2n) is 4.13. The standard InChI is InChI=1S/C13H17BrClNO2/c1-9(2)16(7-6-14)13(17)11-8-10(15)4-5-12(11)18-3/h4-5,8-9H,6-7H2,1-3H3. The van der Waals surface area contributed by atoms with E-state index in [1.54, 1.807) is 30.2 Å². The quantitative estimate of drug-likeness (QED) is 0.770. The number of nitrogens with zero attached hydrogens (tertiary/aromatic N) is 1. The van der Waals surface area contributed by atoms with Crippen LogP contribution in [0.4, 0.5) is 0 Å². The molecule has 5 heteroatoms. The highest BCUT2D eigenvalue weighted by molar-refractivity contribution is 9.09. The van der Waals surface area contributed by atoms with E-state index in [1.165, 1.54) is 0 Å². The zero-order chi connectivity index (χ0) is 13.7. The van der Waals surface area contributed by atoms with Crippen LogP contribution < -0.4 is 4.74 Å². The van der Waals surface area contributed by atoms with E-state index in [1.807, 2.05) is 13.8 Å². The van der Waals surface area contributed by atoms with Crippen LogP contribution in [0, 0.1) is 0 Å². The van der Waals surface area contributed by atoms with Crippen LogP contribution in [0.2, 0.25) is 5.02 Å². The monoisotopic (exact) mass is 333 g/mol. The van der Waals surface area contributed by atoms with Gasteiger partial charge < -0.3 is 9.64 Å². The fourth-order valence-electron chi connectivity index (χ4n) is 1.69. The van der Waals surface area contributed by atoms with Gasteiger partial charge in [-0.15, -0.1) is 0 Å². The molecule has 0 atom stereocenters. The molecule has 1 aromatic rings. The van der Waals surface area contributed by atoms with E-state index in [0.29, 0.717) is 22.9 Å². The summed E-state index contributed by atoms with van der Waals surface area (Å²) >= 11 is 9.30. The summed E-state index contributed by atoms with van der Waals surface area (Å²) in [6, 6.07) is 5.19. The molecule has 0 heterocycles. The van der Waals surface area contributed by atoms with Gasteiger partial charge in [-0.1, -0.05) is 27.5 Å². The number of halogens is 2. The van der Waals surface area contributed by atoms with Crippen LogP contribution in [0.3, 0.4) is 0 Å². The lowest BCUT2D eigenvalue weighted by atomic mass is 10.1. The lowest BCUT2D eigenvalue weighted by molar-refractivity contribution is 0.0716. The SMILES string of the molecule is COc1ccc(Cl)cc1C(=O)N(CCBr)C(C)C. The Morgan fingerprint density at radius 3 is 2.67 bits per heavy atom. The molecular weight excluding hydrogens is 318 g/mol. The third kappa shape index (κ3) is 3.62. The van der Waals surface area contributed by atoms with Gasteiger partial charge >= 0.3 is 0 Å². The largest absolute Gasteiger partial charge is 0.496 e. The van der Waals surface area contributed by atoms with Crippen molar-refractivity contribution < 1.29 is 9.53 Å². The Balaban J connectivity index is 3.11. The molecule has 0 saturated carbocycles. The molecule has 0 aromatic heterocycles. The first-order valence-electron chi connectivity index (χ1n) is 5.71. The molecule has 0 unspecified atom stereocenters. The number of ether oxygens (including phenoxy) is 1. The lowest BCUT2D eigenvalue weighted by Crippen LogP contribution is -2.38. The molecule has 0 radical (unpaired) electrons. The normalized spacial score (nSPS) is 10.6. The van der Waals surface area contributed by atoms with Gasteiger partial charge in [0.2, 0.25) is 0 Å². The second-order valence-corrected chi connectivity index (χ2v) is 5.36.